The van der Waals surface area contributed by atoms with E-state index in [1.807, 2.05) is 0 Å². The highest BCUT2D eigenvalue weighted by Crippen LogP contribution is 2.37. The van der Waals surface area contributed by atoms with Crippen molar-refractivity contribution in [3.8, 4) is 17.2 Å². The lowest BCUT2D eigenvalue weighted by Gasteiger charge is -2.16. The van der Waals surface area contributed by atoms with Crippen molar-refractivity contribution >= 4 is 51.9 Å². The lowest BCUT2D eigenvalue weighted by atomic mass is 10.1. The molecule has 2 aromatic carbocycles. The first-order valence-electron chi connectivity index (χ1n) is 9.37. The second kappa shape index (κ2) is 9.84. The maximum absolute atomic E-state index is 13.0. The molecule has 0 aliphatic carbocycles. The molecule has 0 aromatic heterocycles. The van der Waals surface area contributed by atoms with Crippen molar-refractivity contribution in [2.45, 2.75) is 19.4 Å². The van der Waals surface area contributed by atoms with E-state index < -0.39 is 12.1 Å². The summed E-state index contributed by atoms with van der Waals surface area (Å²) in [6, 6.07) is 12.1. The van der Waals surface area contributed by atoms with Gasteiger partial charge in [-0.2, -0.15) is 0 Å². The average molecular weight is 460 g/mol. The van der Waals surface area contributed by atoms with Crippen molar-refractivity contribution in [2.75, 3.05) is 19.1 Å². The summed E-state index contributed by atoms with van der Waals surface area (Å²) in [7, 11) is 3.04. The molecule has 0 spiro atoms. The highest BCUT2D eigenvalue weighted by atomic mass is 32.2. The quantitative estimate of drug-likeness (QED) is 0.461. The third-order valence-corrected chi connectivity index (χ3v) is 5.83. The topological polar surface area (TPSA) is 85.3 Å². The number of carboxylic acids is 1. The Bertz CT molecular complexity index is 1030. The lowest BCUT2D eigenvalue weighted by molar-refractivity contribution is -0.145. The molecule has 1 aliphatic rings. The highest BCUT2D eigenvalue weighted by molar-refractivity contribution is 8.27. The van der Waals surface area contributed by atoms with Crippen molar-refractivity contribution in [3.05, 3.63) is 52.9 Å². The van der Waals surface area contributed by atoms with Gasteiger partial charge < -0.3 is 19.3 Å². The fourth-order valence-corrected chi connectivity index (χ4v) is 4.20. The number of aliphatic carboxylic acids is 1. The third kappa shape index (κ3) is 5.00. The summed E-state index contributed by atoms with van der Waals surface area (Å²) in [4.78, 5) is 26.1. The minimum atomic E-state index is -1.05. The second-order valence-electron chi connectivity index (χ2n) is 6.48. The first-order valence-corrected chi connectivity index (χ1v) is 10.6. The number of ether oxygens (including phenoxy) is 3. The Balaban J connectivity index is 1.84. The molecule has 0 radical (unpaired) electrons. The number of thioether (sulfide) groups is 1. The molecule has 1 heterocycles. The molecule has 1 aliphatic heterocycles. The SMILES string of the molecule is CCC(Oc1ccc(/C=C2/SC(=S)N(c3ccc(OC)cc3)C2=O)cc1OC)C(=O)O. The second-order valence-corrected chi connectivity index (χ2v) is 8.15. The zero-order valence-electron chi connectivity index (χ0n) is 17.2. The van der Waals surface area contributed by atoms with E-state index >= 15 is 0 Å². The van der Waals surface area contributed by atoms with E-state index in [0.717, 1.165) is 0 Å². The number of nitrogens with zero attached hydrogens (tertiary/aromatic N) is 1. The van der Waals surface area contributed by atoms with Crippen LogP contribution in [-0.2, 0) is 9.59 Å². The number of carboxylic acid groups (broad SMARTS) is 1. The summed E-state index contributed by atoms with van der Waals surface area (Å²) in [5.74, 6) is 0.110. The summed E-state index contributed by atoms with van der Waals surface area (Å²) < 4.78 is 16.5. The number of hydrogen-bond donors (Lipinski definition) is 1. The molecule has 1 N–H and O–H groups in total. The van der Waals surface area contributed by atoms with Crippen molar-refractivity contribution in [1.29, 1.82) is 0 Å². The highest BCUT2D eigenvalue weighted by Gasteiger charge is 2.33. The Hall–Kier alpha value is -3.04. The van der Waals surface area contributed by atoms with Gasteiger partial charge >= 0.3 is 5.97 Å². The number of carbonyl (C=O) groups excluding carboxylic acids is 1. The fourth-order valence-electron chi connectivity index (χ4n) is 2.91. The number of methoxy groups -OCH3 is 2. The third-order valence-electron chi connectivity index (χ3n) is 4.53. The van der Waals surface area contributed by atoms with Crippen molar-refractivity contribution in [2.24, 2.45) is 0 Å². The number of thiocarbonyl (C=S) groups is 1. The molecule has 3 rings (SSSR count). The predicted octanol–water partition coefficient (Wildman–Crippen LogP) is 4.35. The average Bonchev–Trinajstić information content (AvgIpc) is 3.05. The molecule has 1 fully saturated rings. The van der Waals surface area contributed by atoms with E-state index in [4.69, 9.17) is 26.4 Å². The Morgan fingerprint density at radius 2 is 1.87 bits per heavy atom. The first kappa shape index (κ1) is 22.6. The van der Waals surface area contributed by atoms with Crippen LogP contribution in [-0.4, -0.2) is 41.6 Å². The molecule has 2 aromatic rings. The summed E-state index contributed by atoms with van der Waals surface area (Å²) >= 11 is 6.61. The molecule has 162 valence electrons. The number of amides is 1. The molecule has 7 nitrogen and oxygen atoms in total. The van der Waals surface area contributed by atoms with Crippen LogP contribution >= 0.6 is 24.0 Å². The molecule has 1 unspecified atom stereocenters. The molecule has 1 saturated heterocycles. The van der Waals surface area contributed by atoms with E-state index in [2.05, 4.69) is 0 Å². The van der Waals surface area contributed by atoms with Gasteiger partial charge in [0.2, 0.25) is 0 Å². The maximum Gasteiger partial charge on any atom is 0.344 e. The van der Waals surface area contributed by atoms with Gasteiger partial charge in [0.25, 0.3) is 5.91 Å². The van der Waals surface area contributed by atoms with Crippen LogP contribution in [0.3, 0.4) is 0 Å². The Labute approximate surface area is 189 Å². The van der Waals surface area contributed by atoms with Crippen LogP contribution in [0.25, 0.3) is 6.08 Å². The van der Waals surface area contributed by atoms with Gasteiger partial charge in [0.15, 0.2) is 21.9 Å². The number of anilines is 1. The lowest BCUT2D eigenvalue weighted by Crippen LogP contribution is -2.27. The van der Waals surface area contributed by atoms with Gasteiger partial charge in [-0.05, 0) is 54.5 Å². The van der Waals surface area contributed by atoms with Crippen LogP contribution in [0, 0.1) is 0 Å². The van der Waals surface area contributed by atoms with Crippen LogP contribution in [0.4, 0.5) is 5.69 Å². The fraction of sp³-hybridized carbons (Fsp3) is 0.227. The Morgan fingerprint density at radius 1 is 1.16 bits per heavy atom. The molecule has 31 heavy (non-hydrogen) atoms. The van der Waals surface area contributed by atoms with Crippen molar-refractivity contribution in [3.63, 3.8) is 0 Å². The van der Waals surface area contributed by atoms with Gasteiger partial charge in [0, 0.05) is 0 Å². The minimum Gasteiger partial charge on any atom is -0.497 e. The van der Waals surface area contributed by atoms with Crippen LogP contribution < -0.4 is 19.1 Å². The van der Waals surface area contributed by atoms with Gasteiger partial charge in [-0.25, -0.2) is 4.79 Å². The molecule has 0 saturated carbocycles. The molecule has 9 heteroatoms. The van der Waals surface area contributed by atoms with Gasteiger partial charge in [0.05, 0.1) is 24.8 Å². The van der Waals surface area contributed by atoms with Crippen LogP contribution in [0.1, 0.15) is 18.9 Å². The molecule has 1 atom stereocenters. The van der Waals surface area contributed by atoms with Crippen LogP contribution in [0.5, 0.6) is 17.2 Å². The summed E-state index contributed by atoms with van der Waals surface area (Å²) in [6.07, 6.45) is 1.05. The molecule has 0 bridgehead atoms. The monoisotopic (exact) mass is 459 g/mol. The number of carbonyl (C=O) groups is 2. The Kier molecular flexibility index (Phi) is 7.19. The molecular weight excluding hydrogens is 438 g/mol. The zero-order valence-corrected chi connectivity index (χ0v) is 18.8. The van der Waals surface area contributed by atoms with Crippen molar-refractivity contribution < 1.29 is 28.9 Å². The van der Waals surface area contributed by atoms with Gasteiger partial charge in [-0.15, -0.1) is 0 Å². The van der Waals surface area contributed by atoms with Crippen LogP contribution in [0.2, 0.25) is 0 Å². The van der Waals surface area contributed by atoms with E-state index in [0.29, 0.717) is 44.1 Å². The smallest absolute Gasteiger partial charge is 0.344 e. The van der Waals surface area contributed by atoms with Gasteiger partial charge in [0.1, 0.15) is 5.75 Å². The van der Waals surface area contributed by atoms with Gasteiger partial charge in [-0.3, -0.25) is 9.69 Å². The number of rotatable bonds is 8. The minimum absolute atomic E-state index is 0.226. The summed E-state index contributed by atoms with van der Waals surface area (Å²) in [5, 5.41) is 9.21. The number of hydrogen-bond acceptors (Lipinski definition) is 7. The van der Waals surface area contributed by atoms with E-state index in [-0.39, 0.29) is 5.91 Å². The normalized spacial score (nSPS) is 15.8. The standard InChI is InChI=1S/C22H21NO6S2/c1-4-16(21(25)26)29-17-10-5-13(11-18(17)28-3)12-19-20(24)23(22(30)31-19)14-6-8-15(27-2)9-7-14/h5-12,16H,4H2,1-3H3,(H,25,26)/b19-12+. The van der Waals surface area contributed by atoms with E-state index in [9.17, 15) is 14.7 Å². The number of benzene rings is 2. The Morgan fingerprint density at radius 3 is 2.45 bits per heavy atom. The summed E-state index contributed by atoms with van der Waals surface area (Å²) in [6.45, 7) is 1.73. The first-order chi connectivity index (χ1) is 14.9. The van der Waals surface area contributed by atoms with Crippen molar-refractivity contribution in [1.82, 2.24) is 0 Å². The van der Waals surface area contributed by atoms with Gasteiger partial charge in [-0.1, -0.05) is 37.0 Å². The molecule has 1 amide bonds. The molecular formula is C22H21NO6S2. The summed E-state index contributed by atoms with van der Waals surface area (Å²) in [5.41, 5.74) is 1.36. The zero-order chi connectivity index (χ0) is 22.5. The van der Waals surface area contributed by atoms with E-state index in [1.54, 1.807) is 62.6 Å². The maximum atomic E-state index is 13.0. The largest absolute Gasteiger partial charge is 0.497 e. The van der Waals surface area contributed by atoms with E-state index in [1.165, 1.54) is 23.8 Å². The predicted molar refractivity (Wildman–Crippen MR) is 124 cm³/mol. The van der Waals surface area contributed by atoms with Crippen LogP contribution in [0.15, 0.2) is 47.4 Å².